The molecule has 0 aliphatic heterocycles. The molecule has 0 atom stereocenters. The van der Waals surface area contributed by atoms with Crippen LogP contribution < -0.4 is 0 Å². The van der Waals surface area contributed by atoms with E-state index in [1.54, 1.807) is 0 Å². The van der Waals surface area contributed by atoms with Crippen molar-refractivity contribution in [2.45, 2.75) is 0 Å². The maximum absolute atomic E-state index is 10.3. The van der Waals surface area contributed by atoms with Crippen LogP contribution in [0.3, 0.4) is 0 Å². The number of rotatable bonds is 1. The third kappa shape index (κ3) is 2.08. The van der Waals surface area contributed by atoms with E-state index in [1.165, 1.54) is 24.3 Å². The lowest BCUT2D eigenvalue weighted by Crippen LogP contribution is -1.94. The predicted molar refractivity (Wildman–Crippen MR) is 41.7 cm³/mol. The first-order valence-corrected chi connectivity index (χ1v) is 2.97. The molecule has 4 nitrogen and oxygen atoms in total. The number of carbonyl (C=O) groups is 1. The van der Waals surface area contributed by atoms with Crippen LogP contribution in [0.5, 0.6) is 0 Å². The van der Waals surface area contributed by atoms with Crippen molar-refractivity contribution in [2.75, 3.05) is 0 Å². The highest BCUT2D eigenvalue weighted by molar-refractivity contribution is 5.87. The van der Waals surface area contributed by atoms with E-state index in [2.05, 4.69) is 0 Å². The standard InChI is InChI=1S/C8H5NO2.H2O/c9-5-6-1-3-7(4-2-6)8(10)11;/h1-4H,(H,10,11);1H2. The summed E-state index contributed by atoms with van der Waals surface area (Å²) in [6, 6.07) is 7.66. The van der Waals surface area contributed by atoms with Gasteiger partial charge in [0.2, 0.25) is 0 Å². The lowest BCUT2D eigenvalue weighted by molar-refractivity contribution is 0.0697. The summed E-state index contributed by atoms with van der Waals surface area (Å²) in [4.78, 5) is 10.3. The van der Waals surface area contributed by atoms with E-state index in [-0.39, 0.29) is 11.0 Å². The molecule has 1 aromatic rings. The van der Waals surface area contributed by atoms with Gasteiger partial charge < -0.3 is 10.6 Å². The zero-order valence-electron chi connectivity index (χ0n) is 6.11. The summed E-state index contributed by atoms with van der Waals surface area (Å²) in [7, 11) is 0. The maximum atomic E-state index is 10.3. The predicted octanol–water partition coefficient (Wildman–Crippen LogP) is 0.432. The SMILES string of the molecule is N#Cc1ccc(C(=O)O)cc1.O. The first-order chi connectivity index (χ1) is 5.24. The minimum absolute atomic E-state index is 0. The van der Waals surface area contributed by atoms with E-state index in [4.69, 9.17) is 10.4 Å². The molecule has 0 spiro atoms. The Kier molecular flexibility index (Phi) is 3.47. The van der Waals surface area contributed by atoms with E-state index in [0.717, 1.165) is 0 Å². The molecule has 0 fully saturated rings. The molecule has 0 aliphatic rings. The van der Waals surface area contributed by atoms with Gasteiger partial charge in [0.25, 0.3) is 0 Å². The Balaban J connectivity index is 0.00000121. The molecule has 0 bridgehead atoms. The van der Waals surface area contributed by atoms with Crippen molar-refractivity contribution in [2.24, 2.45) is 0 Å². The Labute approximate surface area is 69.0 Å². The fourth-order valence-electron chi connectivity index (χ4n) is 0.687. The fraction of sp³-hybridized carbons (Fsp3) is 0. The zero-order valence-corrected chi connectivity index (χ0v) is 6.11. The highest BCUT2D eigenvalue weighted by atomic mass is 16.4. The maximum Gasteiger partial charge on any atom is 0.335 e. The number of carboxylic acid groups (broad SMARTS) is 1. The van der Waals surface area contributed by atoms with Gasteiger partial charge in [0.1, 0.15) is 0 Å². The normalized spacial score (nSPS) is 7.92. The summed E-state index contributed by atoms with van der Waals surface area (Å²) < 4.78 is 0. The van der Waals surface area contributed by atoms with Gasteiger partial charge in [-0.2, -0.15) is 5.26 Å². The summed E-state index contributed by atoms with van der Waals surface area (Å²) in [5.74, 6) is -0.977. The first-order valence-electron chi connectivity index (χ1n) is 2.97. The molecule has 0 unspecified atom stereocenters. The van der Waals surface area contributed by atoms with Crippen LogP contribution in [0.2, 0.25) is 0 Å². The molecule has 4 heteroatoms. The molecule has 0 radical (unpaired) electrons. The Morgan fingerprint density at radius 1 is 1.33 bits per heavy atom. The molecular formula is C8H7NO3. The van der Waals surface area contributed by atoms with Gasteiger partial charge in [0, 0.05) is 0 Å². The molecule has 0 saturated carbocycles. The molecule has 12 heavy (non-hydrogen) atoms. The van der Waals surface area contributed by atoms with Crippen LogP contribution in [0.15, 0.2) is 24.3 Å². The molecule has 0 saturated heterocycles. The summed E-state index contributed by atoms with van der Waals surface area (Å²) in [5, 5.41) is 16.8. The Bertz CT molecular complexity index is 310. The lowest BCUT2D eigenvalue weighted by atomic mass is 10.1. The van der Waals surface area contributed by atoms with Crippen molar-refractivity contribution in [3.05, 3.63) is 35.4 Å². The molecule has 1 aromatic carbocycles. The summed E-state index contributed by atoms with van der Waals surface area (Å²) >= 11 is 0. The average molecular weight is 165 g/mol. The lowest BCUT2D eigenvalue weighted by Gasteiger charge is -1.91. The zero-order chi connectivity index (χ0) is 8.27. The van der Waals surface area contributed by atoms with E-state index in [1.807, 2.05) is 6.07 Å². The van der Waals surface area contributed by atoms with Gasteiger partial charge in [-0.05, 0) is 24.3 Å². The van der Waals surface area contributed by atoms with Gasteiger partial charge in [-0.25, -0.2) is 4.79 Å². The Morgan fingerprint density at radius 3 is 2.17 bits per heavy atom. The number of hydrogen-bond donors (Lipinski definition) is 1. The van der Waals surface area contributed by atoms with Crippen LogP contribution in [0.1, 0.15) is 15.9 Å². The first kappa shape index (κ1) is 10.1. The van der Waals surface area contributed by atoms with Crippen LogP contribution >= 0.6 is 0 Å². The Hall–Kier alpha value is -1.86. The fourth-order valence-corrected chi connectivity index (χ4v) is 0.687. The highest BCUT2D eigenvalue weighted by Gasteiger charge is 1.99. The van der Waals surface area contributed by atoms with Gasteiger partial charge >= 0.3 is 5.97 Å². The van der Waals surface area contributed by atoms with Crippen LogP contribution in [-0.4, -0.2) is 16.6 Å². The van der Waals surface area contributed by atoms with Gasteiger partial charge in [-0.1, -0.05) is 0 Å². The quantitative estimate of drug-likeness (QED) is 0.653. The van der Waals surface area contributed by atoms with Crippen molar-refractivity contribution in [3.8, 4) is 6.07 Å². The number of carboxylic acids is 1. The number of nitriles is 1. The molecule has 1 rings (SSSR count). The molecular weight excluding hydrogens is 158 g/mol. The second-order valence-electron chi connectivity index (χ2n) is 1.99. The number of benzene rings is 1. The van der Waals surface area contributed by atoms with Gasteiger partial charge in [0.05, 0.1) is 17.2 Å². The second-order valence-corrected chi connectivity index (χ2v) is 1.99. The third-order valence-corrected chi connectivity index (χ3v) is 1.26. The number of hydrogen-bond acceptors (Lipinski definition) is 2. The highest BCUT2D eigenvalue weighted by Crippen LogP contribution is 2.02. The van der Waals surface area contributed by atoms with E-state index in [9.17, 15) is 4.79 Å². The van der Waals surface area contributed by atoms with Gasteiger partial charge in [-0.15, -0.1) is 0 Å². The monoisotopic (exact) mass is 165 g/mol. The van der Waals surface area contributed by atoms with Crippen molar-refractivity contribution in [3.63, 3.8) is 0 Å². The number of nitrogens with zero attached hydrogens (tertiary/aromatic N) is 1. The smallest absolute Gasteiger partial charge is 0.335 e. The van der Waals surface area contributed by atoms with Gasteiger partial charge in [-0.3, -0.25) is 0 Å². The van der Waals surface area contributed by atoms with Crippen LogP contribution in [0.25, 0.3) is 0 Å². The van der Waals surface area contributed by atoms with E-state index >= 15 is 0 Å². The van der Waals surface area contributed by atoms with Crippen molar-refractivity contribution < 1.29 is 15.4 Å². The van der Waals surface area contributed by atoms with Crippen molar-refractivity contribution >= 4 is 5.97 Å². The summed E-state index contributed by atoms with van der Waals surface area (Å²) in [6.07, 6.45) is 0. The van der Waals surface area contributed by atoms with Crippen LogP contribution in [-0.2, 0) is 0 Å². The van der Waals surface area contributed by atoms with Crippen molar-refractivity contribution in [1.82, 2.24) is 0 Å². The minimum Gasteiger partial charge on any atom is -0.478 e. The molecule has 0 aliphatic carbocycles. The molecule has 0 heterocycles. The molecule has 0 amide bonds. The second kappa shape index (κ2) is 4.11. The topological polar surface area (TPSA) is 92.6 Å². The van der Waals surface area contributed by atoms with Gasteiger partial charge in [0.15, 0.2) is 0 Å². The molecule has 0 aromatic heterocycles. The largest absolute Gasteiger partial charge is 0.478 e. The Morgan fingerprint density at radius 2 is 1.83 bits per heavy atom. The van der Waals surface area contributed by atoms with Crippen molar-refractivity contribution in [1.29, 1.82) is 5.26 Å². The minimum atomic E-state index is -0.977. The number of aromatic carboxylic acids is 1. The van der Waals surface area contributed by atoms with Crippen LogP contribution in [0, 0.1) is 11.3 Å². The molecule has 3 N–H and O–H groups in total. The summed E-state index contributed by atoms with van der Waals surface area (Å²) in [5.41, 5.74) is 0.666. The third-order valence-electron chi connectivity index (χ3n) is 1.26. The van der Waals surface area contributed by atoms with E-state index < -0.39 is 5.97 Å². The molecule has 62 valence electrons. The summed E-state index contributed by atoms with van der Waals surface area (Å²) in [6.45, 7) is 0. The van der Waals surface area contributed by atoms with Crippen LogP contribution in [0.4, 0.5) is 0 Å². The van der Waals surface area contributed by atoms with E-state index in [0.29, 0.717) is 5.56 Å². The average Bonchev–Trinajstić information content (AvgIpc) is 2.05.